The van der Waals surface area contributed by atoms with Crippen LogP contribution >= 0.6 is 15.9 Å². The van der Waals surface area contributed by atoms with Crippen LogP contribution < -0.4 is 4.74 Å². The SMILES string of the molecule is COc1ccc(CCC(Br)c2ccc(C(C)C)cc2)cc1. The molecule has 0 spiro atoms. The second-order valence-corrected chi connectivity index (χ2v) is 6.78. The Hall–Kier alpha value is -1.28. The lowest BCUT2D eigenvalue weighted by Gasteiger charge is -2.12. The molecule has 21 heavy (non-hydrogen) atoms. The molecule has 0 aliphatic carbocycles. The molecule has 0 fully saturated rings. The minimum atomic E-state index is 0.404. The number of halogens is 1. The van der Waals surface area contributed by atoms with Crippen LogP contribution in [0.4, 0.5) is 0 Å². The Morgan fingerprint density at radius 1 is 0.905 bits per heavy atom. The fourth-order valence-corrected chi connectivity index (χ4v) is 2.88. The molecule has 2 aromatic carbocycles. The van der Waals surface area contributed by atoms with Crippen molar-refractivity contribution in [3.05, 3.63) is 65.2 Å². The smallest absolute Gasteiger partial charge is 0.118 e. The van der Waals surface area contributed by atoms with Crippen molar-refractivity contribution in [1.29, 1.82) is 0 Å². The van der Waals surface area contributed by atoms with Gasteiger partial charge in [0.2, 0.25) is 0 Å². The highest BCUT2D eigenvalue weighted by Gasteiger charge is 2.08. The Labute approximate surface area is 136 Å². The summed E-state index contributed by atoms with van der Waals surface area (Å²) < 4.78 is 5.19. The van der Waals surface area contributed by atoms with Crippen molar-refractivity contribution in [2.24, 2.45) is 0 Å². The monoisotopic (exact) mass is 346 g/mol. The van der Waals surface area contributed by atoms with Crippen molar-refractivity contribution in [2.75, 3.05) is 7.11 Å². The van der Waals surface area contributed by atoms with Crippen LogP contribution in [0.25, 0.3) is 0 Å². The summed E-state index contributed by atoms with van der Waals surface area (Å²) in [6, 6.07) is 17.3. The average molecular weight is 347 g/mol. The van der Waals surface area contributed by atoms with Gasteiger partial charge in [-0.3, -0.25) is 0 Å². The van der Waals surface area contributed by atoms with Crippen LogP contribution in [0, 0.1) is 0 Å². The molecule has 2 aromatic rings. The summed E-state index contributed by atoms with van der Waals surface area (Å²) in [7, 11) is 1.70. The highest BCUT2D eigenvalue weighted by atomic mass is 79.9. The van der Waals surface area contributed by atoms with E-state index < -0.39 is 0 Å². The molecule has 112 valence electrons. The van der Waals surface area contributed by atoms with Crippen molar-refractivity contribution in [1.82, 2.24) is 0 Å². The molecular formula is C19H23BrO. The van der Waals surface area contributed by atoms with Gasteiger partial charge in [0.05, 0.1) is 7.11 Å². The minimum Gasteiger partial charge on any atom is -0.497 e. The lowest BCUT2D eigenvalue weighted by molar-refractivity contribution is 0.414. The van der Waals surface area contributed by atoms with Crippen molar-refractivity contribution in [3.63, 3.8) is 0 Å². The van der Waals surface area contributed by atoms with Gasteiger partial charge >= 0.3 is 0 Å². The number of ether oxygens (including phenoxy) is 1. The van der Waals surface area contributed by atoms with E-state index in [1.54, 1.807) is 7.11 Å². The van der Waals surface area contributed by atoms with Gasteiger partial charge in [0.25, 0.3) is 0 Å². The Kier molecular flexibility index (Phi) is 5.86. The third kappa shape index (κ3) is 4.60. The van der Waals surface area contributed by atoms with E-state index in [0.717, 1.165) is 18.6 Å². The van der Waals surface area contributed by atoms with Gasteiger partial charge in [0, 0.05) is 4.83 Å². The molecule has 0 saturated heterocycles. The summed E-state index contributed by atoms with van der Waals surface area (Å²) in [5.74, 6) is 1.51. The molecule has 2 rings (SSSR count). The van der Waals surface area contributed by atoms with E-state index >= 15 is 0 Å². The summed E-state index contributed by atoms with van der Waals surface area (Å²) in [4.78, 5) is 0.404. The largest absolute Gasteiger partial charge is 0.497 e. The molecular weight excluding hydrogens is 324 g/mol. The zero-order valence-electron chi connectivity index (χ0n) is 13.0. The zero-order valence-corrected chi connectivity index (χ0v) is 14.6. The fourth-order valence-electron chi connectivity index (χ4n) is 2.34. The standard InChI is InChI=1S/C19H23BrO/c1-14(2)16-7-9-17(10-8-16)19(20)13-6-15-4-11-18(21-3)12-5-15/h4-5,7-12,14,19H,6,13H2,1-3H3. The van der Waals surface area contributed by atoms with Crippen molar-refractivity contribution >= 4 is 15.9 Å². The van der Waals surface area contributed by atoms with E-state index in [1.165, 1.54) is 16.7 Å². The molecule has 1 nitrogen and oxygen atoms in total. The van der Waals surface area contributed by atoms with E-state index in [-0.39, 0.29) is 0 Å². The fraction of sp³-hybridized carbons (Fsp3) is 0.368. The Morgan fingerprint density at radius 3 is 2.00 bits per heavy atom. The first kappa shape index (κ1) is 16.1. The number of aryl methyl sites for hydroxylation is 1. The maximum absolute atomic E-state index is 5.19. The quantitative estimate of drug-likeness (QED) is 0.592. The molecule has 0 radical (unpaired) electrons. The van der Waals surface area contributed by atoms with E-state index in [1.807, 2.05) is 12.1 Å². The van der Waals surface area contributed by atoms with Gasteiger partial charge in [0.1, 0.15) is 5.75 Å². The Balaban J connectivity index is 1.92. The summed E-state index contributed by atoms with van der Waals surface area (Å²) in [6.45, 7) is 4.45. The normalized spacial score (nSPS) is 12.4. The first-order valence-electron chi connectivity index (χ1n) is 7.47. The molecule has 0 saturated carbocycles. The second-order valence-electron chi connectivity index (χ2n) is 5.68. The molecule has 0 aliphatic heterocycles. The molecule has 0 heterocycles. The van der Waals surface area contributed by atoms with Crippen LogP contribution in [-0.4, -0.2) is 7.11 Å². The van der Waals surface area contributed by atoms with Crippen LogP contribution in [0.2, 0.25) is 0 Å². The van der Waals surface area contributed by atoms with Crippen LogP contribution in [0.15, 0.2) is 48.5 Å². The number of rotatable bonds is 6. The summed E-state index contributed by atoms with van der Waals surface area (Å²) >= 11 is 3.81. The molecule has 0 N–H and O–H groups in total. The van der Waals surface area contributed by atoms with Gasteiger partial charge in [-0.2, -0.15) is 0 Å². The van der Waals surface area contributed by atoms with Crippen molar-refractivity contribution < 1.29 is 4.74 Å². The maximum atomic E-state index is 5.19. The number of alkyl halides is 1. The molecule has 1 unspecified atom stereocenters. The predicted octanol–water partition coefficient (Wildman–Crippen LogP) is 5.89. The van der Waals surface area contributed by atoms with Gasteiger partial charge in [-0.1, -0.05) is 66.2 Å². The lowest BCUT2D eigenvalue weighted by atomic mass is 9.99. The van der Waals surface area contributed by atoms with Gasteiger partial charge < -0.3 is 4.74 Å². The second kappa shape index (κ2) is 7.65. The number of methoxy groups -OCH3 is 1. The van der Waals surface area contributed by atoms with Crippen molar-refractivity contribution in [3.8, 4) is 5.75 Å². The first-order valence-corrected chi connectivity index (χ1v) is 8.38. The molecule has 1 atom stereocenters. The molecule has 0 aliphatic rings. The van der Waals surface area contributed by atoms with E-state index in [4.69, 9.17) is 4.74 Å². The van der Waals surface area contributed by atoms with Crippen molar-refractivity contribution in [2.45, 2.75) is 37.4 Å². The average Bonchev–Trinajstić information content (AvgIpc) is 2.53. The molecule has 0 amide bonds. The van der Waals surface area contributed by atoms with Crippen LogP contribution in [0.3, 0.4) is 0 Å². The van der Waals surface area contributed by atoms with Gasteiger partial charge in [-0.05, 0) is 47.6 Å². The highest BCUT2D eigenvalue weighted by Crippen LogP contribution is 2.29. The molecule has 0 aromatic heterocycles. The predicted molar refractivity (Wildman–Crippen MR) is 93.5 cm³/mol. The van der Waals surface area contributed by atoms with Gasteiger partial charge in [-0.25, -0.2) is 0 Å². The molecule has 2 heteroatoms. The first-order chi connectivity index (χ1) is 10.1. The lowest BCUT2D eigenvalue weighted by Crippen LogP contribution is -1.95. The Bertz CT molecular complexity index is 543. The highest BCUT2D eigenvalue weighted by molar-refractivity contribution is 9.09. The number of hydrogen-bond donors (Lipinski definition) is 0. The maximum Gasteiger partial charge on any atom is 0.118 e. The summed E-state index contributed by atoms with van der Waals surface area (Å²) in [5, 5.41) is 0. The Morgan fingerprint density at radius 2 is 1.48 bits per heavy atom. The number of benzene rings is 2. The zero-order chi connectivity index (χ0) is 15.2. The van der Waals surface area contributed by atoms with Gasteiger partial charge in [0.15, 0.2) is 0 Å². The van der Waals surface area contributed by atoms with Crippen LogP contribution in [0.5, 0.6) is 5.75 Å². The minimum absolute atomic E-state index is 0.404. The third-order valence-corrected chi connectivity index (χ3v) is 4.80. The number of hydrogen-bond acceptors (Lipinski definition) is 1. The summed E-state index contributed by atoms with van der Waals surface area (Å²) in [6.07, 6.45) is 2.15. The topological polar surface area (TPSA) is 9.23 Å². The summed E-state index contributed by atoms with van der Waals surface area (Å²) in [5.41, 5.74) is 4.10. The van der Waals surface area contributed by atoms with E-state index in [2.05, 4.69) is 66.2 Å². The molecule has 0 bridgehead atoms. The van der Waals surface area contributed by atoms with Crippen LogP contribution in [0.1, 0.15) is 47.7 Å². The third-order valence-electron chi connectivity index (χ3n) is 3.81. The van der Waals surface area contributed by atoms with E-state index in [0.29, 0.717) is 10.7 Å². The van der Waals surface area contributed by atoms with E-state index in [9.17, 15) is 0 Å². The van der Waals surface area contributed by atoms with Gasteiger partial charge in [-0.15, -0.1) is 0 Å². The van der Waals surface area contributed by atoms with Crippen LogP contribution in [-0.2, 0) is 6.42 Å².